The number of hydrogen-bond acceptors (Lipinski definition) is 3. The lowest BCUT2D eigenvalue weighted by atomic mass is 10.1. The van der Waals surface area contributed by atoms with Crippen LogP contribution in [0.15, 0.2) is 18.2 Å². The van der Waals surface area contributed by atoms with Crippen molar-refractivity contribution >= 4 is 17.3 Å². The van der Waals surface area contributed by atoms with Crippen molar-refractivity contribution in [1.29, 1.82) is 0 Å². The maximum absolute atomic E-state index is 9.03. The summed E-state index contributed by atoms with van der Waals surface area (Å²) >= 11 is 6.40. The lowest BCUT2D eigenvalue weighted by molar-refractivity contribution is 0.289. The van der Waals surface area contributed by atoms with Crippen LogP contribution in [-0.2, 0) is 6.54 Å². The smallest absolute Gasteiger partial charge is 0.0642 e. The van der Waals surface area contributed by atoms with Gasteiger partial charge < -0.3 is 15.3 Å². The highest BCUT2D eigenvalue weighted by Crippen LogP contribution is 2.30. The van der Waals surface area contributed by atoms with Crippen LogP contribution in [0.3, 0.4) is 0 Å². The molecule has 20 heavy (non-hydrogen) atoms. The number of aliphatic hydroxyl groups excluding tert-OH is 1. The van der Waals surface area contributed by atoms with E-state index in [1.165, 1.54) is 5.56 Å². The van der Waals surface area contributed by atoms with Crippen molar-refractivity contribution in [3.63, 3.8) is 0 Å². The Morgan fingerprint density at radius 1 is 1.30 bits per heavy atom. The second kappa shape index (κ2) is 7.87. The Kier molecular flexibility index (Phi) is 6.80. The molecule has 0 fully saturated rings. The van der Waals surface area contributed by atoms with Gasteiger partial charge in [0, 0.05) is 31.8 Å². The van der Waals surface area contributed by atoms with E-state index in [0.717, 1.165) is 36.8 Å². The van der Waals surface area contributed by atoms with Crippen LogP contribution >= 0.6 is 11.6 Å². The van der Waals surface area contributed by atoms with Gasteiger partial charge in [0.05, 0.1) is 10.7 Å². The topological polar surface area (TPSA) is 35.5 Å². The largest absolute Gasteiger partial charge is 0.396 e. The first-order chi connectivity index (χ1) is 9.39. The molecular weight excluding hydrogens is 272 g/mol. The first-order valence-corrected chi connectivity index (χ1v) is 7.65. The van der Waals surface area contributed by atoms with Crippen LogP contribution < -0.4 is 10.2 Å². The van der Waals surface area contributed by atoms with Gasteiger partial charge in [-0.15, -0.1) is 0 Å². The van der Waals surface area contributed by atoms with Gasteiger partial charge in [0.1, 0.15) is 0 Å². The summed E-state index contributed by atoms with van der Waals surface area (Å²) < 4.78 is 0. The molecule has 4 heteroatoms. The summed E-state index contributed by atoms with van der Waals surface area (Å²) in [5, 5.41) is 13.3. The monoisotopic (exact) mass is 298 g/mol. The zero-order valence-electron chi connectivity index (χ0n) is 13.0. The number of para-hydroxylation sites is 1. The minimum atomic E-state index is 0.0712. The Labute approximate surface area is 127 Å². The lowest BCUT2D eigenvalue weighted by Crippen LogP contribution is -2.36. The first kappa shape index (κ1) is 17.3. The molecule has 0 unspecified atom stereocenters. The molecule has 2 N–H and O–H groups in total. The van der Waals surface area contributed by atoms with Crippen molar-refractivity contribution in [3.8, 4) is 0 Å². The summed E-state index contributed by atoms with van der Waals surface area (Å²) in [6.45, 7) is 11.3. The summed E-state index contributed by atoms with van der Waals surface area (Å²) in [5.41, 5.74) is 2.36. The minimum Gasteiger partial charge on any atom is -0.396 e. The van der Waals surface area contributed by atoms with Gasteiger partial charge in [-0.2, -0.15) is 0 Å². The highest BCUT2D eigenvalue weighted by Gasteiger charge is 2.15. The quantitative estimate of drug-likeness (QED) is 0.809. The highest BCUT2D eigenvalue weighted by molar-refractivity contribution is 6.33. The van der Waals surface area contributed by atoms with Gasteiger partial charge in [0.15, 0.2) is 0 Å². The second-order valence-corrected chi connectivity index (χ2v) is 6.42. The van der Waals surface area contributed by atoms with Crippen molar-refractivity contribution in [2.24, 2.45) is 0 Å². The number of rotatable bonds is 7. The average Bonchev–Trinajstić information content (AvgIpc) is 2.38. The number of hydrogen-bond donors (Lipinski definition) is 2. The van der Waals surface area contributed by atoms with Crippen molar-refractivity contribution in [2.45, 2.75) is 46.2 Å². The van der Waals surface area contributed by atoms with Gasteiger partial charge in [-0.05, 0) is 45.7 Å². The van der Waals surface area contributed by atoms with Gasteiger partial charge in [-0.3, -0.25) is 0 Å². The molecular formula is C16H27ClN2O. The molecule has 0 saturated heterocycles. The van der Waals surface area contributed by atoms with Gasteiger partial charge in [-0.1, -0.05) is 23.7 Å². The number of halogens is 1. The van der Waals surface area contributed by atoms with Crippen molar-refractivity contribution in [3.05, 3.63) is 28.8 Å². The van der Waals surface area contributed by atoms with E-state index in [9.17, 15) is 0 Å². The highest BCUT2D eigenvalue weighted by atomic mass is 35.5. The number of aliphatic hydroxyl groups is 1. The van der Waals surface area contributed by atoms with Crippen LogP contribution in [0.25, 0.3) is 0 Å². The Morgan fingerprint density at radius 3 is 2.55 bits per heavy atom. The summed E-state index contributed by atoms with van der Waals surface area (Å²) in [6, 6.07) is 6.03. The fourth-order valence-corrected chi connectivity index (χ4v) is 2.42. The maximum atomic E-state index is 9.03. The molecule has 0 amide bonds. The molecule has 0 atom stereocenters. The third-order valence-electron chi connectivity index (χ3n) is 3.16. The van der Waals surface area contributed by atoms with Crippen molar-refractivity contribution < 1.29 is 5.11 Å². The van der Waals surface area contributed by atoms with Crippen LogP contribution in [-0.4, -0.2) is 30.3 Å². The van der Waals surface area contributed by atoms with E-state index >= 15 is 0 Å². The predicted octanol–water partition coefficient (Wildman–Crippen LogP) is 3.44. The molecule has 0 spiro atoms. The van der Waals surface area contributed by atoms with E-state index in [0.29, 0.717) is 0 Å². The van der Waals surface area contributed by atoms with Crippen LogP contribution in [0, 0.1) is 0 Å². The first-order valence-electron chi connectivity index (χ1n) is 7.27. The zero-order chi connectivity index (χ0) is 15.2. The normalized spacial score (nSPS) is 11.7. The third kappa shape index (κ3) is 5.31. The Balaban J connectivity index is 2.97. The number of anilines is 1. The number of benzene rings is 1. The molecule has 0 saturated carbocycles. The molecule has 0 aliphatic carbocycles. The molecule has 0 radical (unpaired) electrons. The Bertz CT molecular complexity index is 415. The SMILES string of the molecule is CCN(CCCO)c1c(Cl)cccc1CNC(C)(C)C. The molecule has 0 bridgehead atoms. The van der Waals surface area contributed by atoms with Crippen molar-refractivity contribution in [1.82, 2.24) is 5.32 Å². The van der Waals surface area contributed by atoms with E-state index < -0.39 is 0 Å². The second-order valence-electron chi connectivity index (χ2n) is 6.01. The minimum absolute atomic E-state index is 0.0712. The van der Waals surface area contributed by atoms with E-state index in [2.05, 4.69) is 44.0 Å². The van der Waals surface area contributed by atoms with E-state index in [4.69, 9.17) is 16.7 Å². The summed E-state index contributed by atoms with van der Waals surface area (Å²) in [7, 11) is 0. The zero-order valence-corrected chi connectivity index (χ0v) is 13.8. The van der Waals surface area contributed by atoms with E-state index in [1.54, 1.807) is 0 Å². The van der Waals surface area contributed by atoms with Crippen LogP contribution in [0.2, 0.25) is 5.02 Å². The standard InChI is InChI=1S/C16H27ClN2O/c1-5-19(10-7-11-20)15-13(8-6-9-14(15)17)12-18-16(2,3)4/h6,8-9,18,20H,5,7,10-12H2,1-4H3. The van der Waals surface area contributed by atoms with Crippen LogP contribution in [0.5, 0.6) is 0 Å². The predicted molar refractivity (Wildman–Crippen MR) is 87.6 cm³/mol. The molecule has 1 rings (SSSR count). The number of nitrogens with zero attached hydrogens (tertiary/aromatic N) is 1. The molecule has 3 nitrogen and oxygen atoms in total. The summed E-state index contributed by atoms with van der Waals surface area (Å²) in [6.07, 6.45) is 0.755. The molecule has 0 aromatic heterocycles. The average molecular weight is 299 g/mol. The molecule has 0 aliphatic heterocycles. The number of nitrogens with one attached hydrogen (secondary N) is 1. The van der Waals surface area contributed by atoms with Gasteiger partial charge in [0.25, 0.3) is 0 Å². The fraction of sp³-hybridized carbons (Fsp3) is 0.625. The molecule has 1 aromatic carbocycles. The Hall–Kier alpha value is -0.770. The molecule has 0 heterocycles. The van der Waals surface area contributed by atoms with Crippen LogP contribution in [0.4, 0.5) is 5.69 Å². The Morgan fingerprint density at radius 2 is 2.00 bits per heavy atom. The molecule has 0 aliphatic rings. The molecule has 114 valence electrons. The van der Waals surface area contributed by atoms with Gasteiger partial charge in [0.2, 0.25) is 0 Å². The van der Waals surface area contributed by atoms with Gasteiger partial charge >= 0.3 is 0 Å². The van der Waals surface area contributed by atoms with Crippen LogP contribution in [0.1, 0.15) is 39.7 Å². The summed E-state index contributed by atoms with van der Waals surface area (Å²) in [5.74, 6) is 0. The third-order valence-corrected chi connectivity index (χ3v) is 3.47. The van der Waals surface area contributed by atoms with E-state index in [1.807, 2.05) is 12.1 Å². The van der Waals surface area contributed by atoms with E-state index in [-0.39, 0.29) is 12.1 Å². The lowest BCUT2D eigenvalue weighted by Gasteiger charge is -2.28. The summed E-state index contributed by atoms with van der Waals surface area (Å²) in [4.78, 5) is 2.23. The maximum Gasteiger partial charge on any atom is 0.0642 e. The fourth-order valence-electron chi connectivity index (χ4n) is 2.11. The van der Waals surface area contributed by atoms with Gasteiger partial charge in [-0.25, -0.2) is 0 Å². The van der Waals surface area contributed by atoms with Crippen molar-refractivity contribution in [2.75, 3.05) is 24.6 Å². The molecule has 1 aromatic rings.